The molecule has 1 rings (SSSR count). The van der Waals surface area contributed by atoms with E-state index in [9.17, 15) is 19.2 Å². The van der Waals surface area contributed by atoms with Gasteiger partial charge in [0.25, 0.3) is 0 Å². The van der Waals surface area contributed by atoms with Crippen LogP contribution in [0.2, 0.25) is 0 Å². The molecule has 1 fully saturated rings. The van der Waals surface area contributed by atoms with E-state index < -0.39 is 35.8 Å². The zero-order chi connectivity index (χ0) is 13.9. The summed E-state index contributed by atoms with van der Waals surface area (Å²) < 4.78 is 0. The molecule has 0 aromatic carbocycles. The highest BCUT2D eigenvalue weighted by atomic mass is 16.4. The van der Waals surface area contributed by atoms with Gasteiger partial charge in [-0.05, 0) is 6.92 Å². The van der Waals surface area contributed by atoms with Gasteiger partial charge in [0, 0.05) is 13.5 Å². The number of carbonyl (C=O) groups is 4. The van der Waals surface area contributed by atoms with Gasteiger partial charge >= 0.3 is 5.97 Å². The van der Waals surface area contributed by atoms with Crippen LogP contribution in [0.5, 0.6) is 0 Å². The molecule has 0 aromatic rings. The molecule has 2 atom stereocenters. The molecule has 0 radical (unpaired) electrons. The van der Waals surface area contributed by atoms with Crippen molar-refractivity contribution < 1.29 is 24.3 Å². The Bertz CT molecular complexity index is 395. The molecule has 3 N–H and O–H groups in total. The van der Waals surface area contributed by atoms with Crippen LogP contribution in [0, 0.1) is 0 Å². The number of piperazine rings is 1. The molecule has 0 spiro atoms. The van der Waals surface area contributed by atoms with E-state index in [0.29, 0.717) is 0 Å². The Morgan fingerprint density at radius 2 is 2.17 bits per heavy atom. The van der Waals surface area contributed by atoms with E-state index in [4.69, 9.17) is 5.11 Å². The van der Waals surface area contributed by atoms with E-state index in [1.165, 1.54) is 11.8 Å². The lowest BCUT2D eigenvalue weighted by atomic mass is 10.1. The molecule has 100 valence electrons. The minimum Gasteiger partial charge on any atom is -0.480 e. The standard InChI is InChI=1S/C10H15N3O5/c1-5-9(16)12-8(15)4-13(5)3-7(10(17)18)11-6(2)14/h5,7H,3-4H2,1-2H3,(H,11,14)(H,17,18)(H,12,15,16). The summed E-state index contributed by atoms with van der Waals surface area (Å²) in [5.41, 5.74) is 0. The Kier molecular flexibility index (Phi) is 4.38. The molecular weight excluding hydrogens is 242 g/mol. The van der Waals surface area contributed by atoms with Crippen LogP contribution in [0.15, 0.2) is 0 Å². The summed E-state index contributed by atoms with van der Waals surface area (Å²) in [6.45, 7) is 2.59. The maximum absolute atomic E-state index is 11.4. The molecule has 0 aromatic heterocycles. The summed E-state index contributed by atoms with van der Waals surface area (Å²) in [7, 11) is 0. The second-order valence-corrected chi connectivity index (χ2v) is 4.11. The van der Waals surface area contributed by atoms with Crippen LogP contribution < -0.4 is 10.6 Å². The average Bonchev–Trinajstić information content (AvgIpc) is 2.23. The summed E-state index contributed by atoms with van der Waals surface area (Å²) in [5, 5.41) is 13.3. The number of carboxylic acids is 1. The first-order valence-electron chi connectivity index (χ1n) is 5.39. The van der Waals surface area contributed by atoms with Gasteiger partial charge in [-0.15, -0.1) is 0 Å². The smallest absolute Gasteiger partial charge is 0.327 e. The molecule has 1 aliphatic rings. The zero-order valence-corrected chi connectivity index (χ0v) is 10.1. The summed E-state index contributed by atoms with van der Waals surface area (Å²) in [6.07, 6.45) is 0. The van der Waals surface area contributed by atoms with E-state index in [2.05, 4.69) is 10.6 Å². The van der Waals surface area contributed by atoms with Gasteiger partial charge in [-0.1, -0.05) is 0 Å². The highest BCUT2D eigenvalue weighted by Crippen LogP contribution is 2.05. The minimum atomic E-state index is -1.21. The molecule has 0 saturated carbocycles. The number of hydrogen-bond acceptors (Lipinski definition) is 5. The number of nitrogens with zero attached hydrogens (tertiary/aromatic N) is 1. The van der Waals surface area contributed by atoms with Crippen molar-refractivity contribution in [2.45, 2.75) is 25.9 Å². The van der Waals surface area contributed by atoms with Crippen molar-refractivity contribution in [3.8, 4) is 0 Å². The molecule has 1 saturated heterocycles. The molecule has 1 heterocycles. The summed E-state index contributed by atoms with van der Waals surface area (Å²) >= 11 is 0. The number of carboxylic acid groups (broad SMARTS) is 1. The van der Waals surface area contributed by atoms with Gasteiger partial charge in [-0.3, -0.25) is 24.6 Å². The lowest BCUT2D eigenvalue weighted by Gasteiger charge is -2.33. The van der Waals surface area contributed by atoms with E-state index in [1.807, 2.05) is 0 Å². The molecule has 1 aliphatic heterocycles. The highest BCUT2D eigenvalue weighted by molar-refractivity contribution is 6.00. The number of rotatable bonds is 4. The van der Waals surface area contributed by atoms with E-state index in [0.717, 1.165) is 0 Å². The topological polar surface area (TPSA) is 116 Å². The summed E-state index contributed by atoms with van der Waals surface area (Å²) in [5.74, 6) is -2.65. The quantitative estimate of drug-likeness (QED) is 0.498. The first kappa shape index (κ1) is 14.1. The maximum atomic E-state index is 11.4. The van der Waals surface area contributed by atoms with E-state index >= 15 is 0 Å². The number of amides is 3. The van der Waals surface area contributed by atoms with Crippen molar-refractivity contribution in [3.05, 3.63) is 0 Å². The highest BCUT2D eigenvalue weighted by Gasteiger charge is 2.33. The van der Waals surface area contributed by atoms with Gasteiger partial charge in [0.2, 0.25) is 17.7 Å². The molecular formula is C10H15N3O5. The Balaban J connectivity index is 2.73. The number of imide groups is 1. The van der Waals surface area contributed by atoms with Crippen molar-refractivity contribution >= 4 is 23.7 Å². The fourth-order valence-corrected chi connectivity index (χ4v) is 1.66. The predicted octanol–water partition coefficient (Wildman–Crippen LogP) is -2.08. The minimum absolute atomic E-state index is 0.0731. The molecule has 0 bridgehead atoms. The van der Waals surface area contributed by atoms with Gasteiger partial charge < -0.3 is 10.4 Å². The van der Waals surface area contributed by atoms with Crippen LogP contribution in [-0.2, 0) is 19.2 Å². The third-order valence-corrected chi connectivity index (χ3v) is 2.63. The molecule has 8 heteroatoms. The third kappa shape index (κ3) is 3.52. The van der Waals surface area contributed by atoms with Crippen LogP contribution in [-0.4, -0.2) is 58.9 Å². The molecule has 2 unspecified atom stereocenters. The first-order valence-corrected chi connectivity index (χ1v) is 5.39. The van der Waals surface area contributed by atoms with Crippen molar-refractivity contribution in [2.24, 2.45) is 0 Å². The second-order valence-electron chi connectivity index (χ2n) is 4.11. The van der Waals surface area contributed by atoms with Gasteiger partial charge in [0.15, 0.2) is 0 Å². The Labute approximate surface area is 103 Å². The first-order chi connectivity index (χ1) is 8.31. The lowest BCUT2D eigenvalue weighted by Crippen LogP contribution is -2.60. The van der Waals surface area contributed by atoms with Crippen LogP contribution in [0.1, 0.15) is 13.8 Å². The predicted molar refractivity (Wildman–Crippen MR) is 59.4 cm³/mol. The Morgan fingerprint density at radius 1 is 1.56 bits per heavy atom. The SMILES string of the molecule is CC(=O)NC(CN1CC(=O)NC(=O)C1C)C(=O)O. The molecule has 18 heavy (non-hydrogen) atoms. The maximum Gasteiger partial charge on any atom is 0.327 e. The van der Waals surface area contributed by atoms with Gasteiger partial charge in [-0.2, -0.15) is 0 Å². The summed E-state index contributed by atoms with van der Waals surface area (Å²) in [6, 6.07) is -1.76. The second kappa shape index (κ2) is 5.58. The summed E-state index contributed by atoms with van der Waals surface area (Å²) in [4.78, 5) is 45.8. The molecule has 0 aliphatic carbocycles. The molecule has 8 nitrogen and oxygen atoms in total. The normalized spacial score (nSPS) is 22.2. The monoisotopic (exact) mass is 257 g/mol. The van der Waals surface area contributed by atoms with Crippen molar-refractivity contribution in [1.82, 2.24) is 15.5 Å². The lowest BCUT2D eigenvalue weighted by molar-refractivity contribution is -0.145. The average molecular weight is 257 g/mol. The Hall–Kier alpha value is -1.96. The van der Waals surface area contributed by atoms with Crippen LogP contribution >= 0.6 is 0 Å². The number of hydrogen-bond donors (Lipinski definition) is 3. The largest absolute Gasteiger partial charge is 0.480 e. The molecule has 3 amide bonds. The van der Waals surface area contributed by atoms with Gasteiger partial charge in [0.05, 0.1) is 12.6 Å². The Morgan fingerprint density at radius 3 is 2.67 bits per heavy atom. The fourth-order valence-electron chi connectivity index (χ4n) is 1.66. The number of aliphatic carboxylic acids is 1. The van der Waals surface area contributed by atoms with E-state index in [-0.39, 0.29) is 13.1 Å². The number of nitrogens with one attached hydrogen (secondary N) is 2. The van der Waals surface area contributed by atoms with Crippen LogP contribution in [0.3, 0.4) is 0 Å². The number of carbonyl (C=O) groups excluding carboxylic acids is 3. The van der Waals surface area contributed by atoms with Crippen molar-refractivity contribution in [2.75, 3.05) is 13.1 Å². The van der Waals surface area contributed by atoms with E-state index in [1.54, 1.807) is 6.92 Å². The fraction of sp³-hybridized carbons (Fsp3) is 0.600. The van der Waals surface area contributed by atoms with Crippen molar-refractivity contribution in [3.63, 3.8) is 0 Å². The van der Waals surface area contributed by atoms with Gasteiger partial charge in [0.1, 0.15) is 6.04 Å². The van der Waals surface area contributed by atoms with Crippen LogP contribution in [0.4, 0.5) is 0 Å². The van der Waals surface area contributed by atoms with Gasteiger partial charge in [-0.25, -0.2) is 4.79 Å². The van der Waals surface area contributed by atoms with Crippen molar-refractivity contribution in [1.29, 1.82) is 0 Å². The third-order valence-electron chi connectivity index (χ3n) is 2.63. The zero-order valence-electron chi connectivity index (χ0n) is 10.1. The van der Waals surface area contributed by atoms with Crippen LogP contribution in [0.25, 0.3) is 0 Å².